The highest BCUT2D eigenvalue weighted by molar-refractivity contribution is 5.93. The fraction of sp³-hybridized carbons (Fsp3) is 0.316. The van der Waals surface area contributed by atoms with Gasteiger partial charge in [-0.25, -0.2) is 4.98 Å². The lowest BCUT2D eigenvalue weighted by atomic mass is 10.0. The first-order valence-corrected chi connectivity index (χ1v) is 8.64. The summed E-state index contributed by atoms with van der Waals surface area (Å²) in [6.45, 7) is 0. The summed E-state index contributed by atoms with van der Waals surface area (Å²) in [7, 11) is 1.83. The van der Waals surface area contributed by atoms with E-state index in [1.165, 1.54) is 0 Å². The van der Waals surface area contributed by atoms with Gasteiger partial charge in [0, 0.05) is 50.7 Å². The highest BCUT2D eigenvalue weighted by Gasteiger charge is 2.39. The van der Waals surface area contributed by atoms with E-state index in [0.29, 0.717) is 42.8 Å². The monoisotopic (exact) mass is 362 g/mol. The van der Waals surface area contributed by atoms with Gasteiger partial charge in [0.2, 0.25) is 11.8 Å². The maximum atomic E-state index is 12.2. The summed E-state index contributed by atoms with van der Waals surface area (Å²) in [4.78, 5) is 16.7. The molecule has 0 fully saturated rings. The van der Waals surface area contributed by atoms with Gasteiger partial charge in [0.15, 0.2) is 11.2 Å². The Morgan fingerprint density at radius 1 is 1.37 bits per heavy atom. The highest BCUT2D eigenvalue weighted by atomic mass is 16.3. The number of carbonyl (C=O) groups excluding carboxylic acids is 1. The fourth-order valence-corrected chi connectivity index (χ4v) is 2.86. The van der Waals surface area contributed by atoms with E-state index < -0.39 is 5.66 Å². The van der Waals surface area contributed by atoms with Crippen LogP contribution < -0.4 is 5.32 Å². The Balaban J connectivity index is 1.40. The molecular formula is C19H18N6O2. The molecule has 1 aliphatic rings. The SMILES string of the molecule is C#CCCC1(CCC(=O)Nc2ccc3nc(-c4cnn(C)c4)oc3c2)N=N1. The van der Waals surface area contributed by atoms with Crippen LogP contribution >= 0.6 is 0 Å². The quantitative estimate of drug-likeness (QED) is 0.650. The number of hydrogen-bond acceptors (Lipinski definition) is 6. The molecule has 0 unspecified atom stereocenters. The van der Waals surface area contributed by atoms with Gasteiger partial charge in [0.25, 0.3) is 0 Å². The molecule has 1 amide bonds. The minimum absolute atomic E-state index is 0.0984. The summed E-state index contributed by atoms with van der Waals surface area (Å²) in [5.41, 5.74) is 2.33. The van der Waals surface area contributed by atoms with Crippen LogP contribution in [0.3, 0.4) is 0 Å². The fourth-order valence-electron chi connectivity index (χ4n) is 2.86. The average molecular weight is 362 g/mol. The van der Waals surface area contributed by atoms with Crippen LogP contribution in [0.4, 0.5) is 5.69 Å². The predicted octanol–water partition coefficient (Wildman–Crippen LogP) is 3.52. The predicted molar refractivity (Wildman–Crippen MR) is 99.7 cm³/mol. The van der Waals surface area contributed by atoms with Gasteiger partial charge >= 0.3 is 0 Å². The van der Waals surface area contributed by atoms with Crippen molar-refractivity contribution >= 4 is 22.7 Å². The number of hydrogen-bond donors (Lipinski definition) is 1. The van der Waals surface area contributed by atoms with E-state index in [-0.39, 0.29) is 5.91 Å². The zero-order valence-corrected chi connectivity index (χ0v) is 14.8. The number of terminal acetylenes is 1. The molecule has 1 N–H and O–H groups in total. The van der Waals surface area contributed by atoms with Crippen LogP contribution in [-0.4, -0.2) is 26.3 Å². The highest BCUT2D eigenvalue weighted by Crippen LogP contribution is 2.37. The maximum absolute atomic E-state index is 12.2. The zero-order valence-electron chi connectivity index (χ0n) is 14.8. The first-order valence-electron chi connectivity index (χ1n) is 8.64. The van der Waals surface area contributed by atoms with Gasteiger partial charge in [-0.3, -0.25) is 9.48 Å². The van der Waals surface area contributed by atoms with Crippen molar-refractivity contribution < 1.29 is 9.21 Å². The van der Waals surface area contributed by atoms with E-state index in [1.807, 2.05) is 19.3 Å². The molecule has 3 heterocycles. The number of amides is 1. The molecule has 3 aromatic rings. The minimum Gasteiger partial charge on any atom is -0.436 e. The van der Waals surface area contributed by atoms with Crippen LogP contribution in [0.25, 0.3) is 22.6 Å². The number of aryl methyl sites for hydroxylation is 1. The Labute approximate surface area is 155 Å². The molecule has 8 nitrogen and oxygen atoms in total. The lowest BCUT2D eigenvalue weighted by Crippen LogP contribution is -2.17. The van der Waals surface area contributed by atoms with Crippen LogP contribution in [0, 0.1) is 12.3 Å². The van der Waals surface area contributed by atoms with Crippen LogP contribution in [-0.2, 0) is 11.8 Å². The largest absolute Gasteiger partial charge is 0.436 e. The number of fused-ring (bicyclic) bond motifs is 1. The number of nitrogens with one attached hydrogen (secondary N) is 1. The maximum Gasteiger partial charge on any atom is 0.230 e. The van der Waals surface area contributed by atoms with Gasteiger partial charge in [-0.1, -0.05) is 0 Å². The van der Waals surface area contributed by atoms with Crippen LogP contribution in [0.15, 0.2) is 45.2 Å². The van der Waals surface area contributed by atoms with E-state index in [1.54, 1.807) is 23.0 Å². The average Bonchev–Trinajstić information content (AvgIpc) is 3.08. The molecule has 136 valence electrons. The van der Waals surface area contributed by atoms with Crippen molar-refractivity contribution in [2.24, 2.45) is 17.3 Å². The molecular weight excluding hydrogens is 344 g/mol. The number of aromatic nitrogens is 3. The molecule has 1 aromatic carbocycles. The smallest absolute Gasteiger partial charge is 0.230 e. The second-order valence-electron chi connectivity index (χ2n) is 6.54. The lowest BCUT2D eigenvalue weighted by molar-refractivity contribution is -0.116. The number of anilines is 1. The molecule has 0 spiro atoms. The molecule has 1 aliphatic heterocycles. The van der Waals surface area contributed by atoms with Crippen molar-refractivity contribution in [1.29, 1.82) is 0 Å². The van der Waals surface area contributed by atoms with Gasteiger partial charge in [-0.15, -0.1) is 12.3 Å². The van der Waals surface area contributed by atoms with E-state index in [9.17, 15) is 4.79 Å². The zero-order chi connectivity index (χ0) is 18.9. The van der Waals surface area contributed by atoms with E-state index in [0.717, 1.165) is 11.1 Å². The van der Waals surface area contributed by atoms with Gasteiger partial charge in [-0.05, 0) is 12.1 Å². The molecule has 0 bridgehead atoms. The van der Waals surface area contributed by atoms with Crippen LogP contribution in [0.2, 0.25) is 0 Å². The van der Waals surface area contributed by atoms with E-state index >= 15 is 0 Å². The molecule has 27 heavy (non-hydrogen) atoms. The van der Waals surface area contributed by atoms with E-state index in [4.69, 9.17) is 10.8 Å². The van der Waals surface area contributed by atoms with Gasteiger partial charge < -0.3 is 9.73 Å². The van der Waals surface area contributed by atoms with Gasteiger partial charge in [-0.2, -0.15) is 15.3 Å². The Bertz CT molecular complexity index is 1070. The van der Waals surface area contributed by atoms with Crippen LogP contribution in [0.1, 0.15) is 25.7 Å². The molecule has 0 aliphatic carbocycles. The molecule has 0 atom stereocenters. The summed E-state index contributed by atoms with van der Waals surface area (Å²) in [6.07, 6.45) is 11.0. The van der Waals surface area contributed by atoms with Crippen molar-refractivity contribution in [2.45, 2.75) is 31.3 Å². The lowest BCUT2D eigenvalue weighted by Gasteiger charge is -2.09. The Kier molecular flexibility index (Phi) is 4.20. The number of carbonyl (C=O) groups is 1. The van der Waals surface area contributed by atoms with Gasteiger partial charge in [0.1, 0.15) is 5.52 Å². The van der Waals surface area contributed by atoms with Crippen molar-refractivity contribution in [3.8, 4) is 23.8 Å². The standard InChI is InChI=1S/C19H18N6O2/c1-3-4-8-19(23-24-19)9-7-17(26)21-14-5-6-15-16(10-14)27-18(22-15)13-11-20-25(2)12-13/h1,5-6,10-12H,4,7-9H2,2H3,(H,21,26). The second-order valence-corrected chi connectivity index (χ2v) is 6.54. The summed E-state index contributed by atoms with van der Waals surface area (Å²) in [5.74, 6) is 2.98. The van der Waals surface area contributed by atoms with Crippen molar-refractivity contribution in [3.63, 3.8) is 0 Å². The first kappa shape index (κ1) is 17.0. The Hall–Kier alpha value is -3.47. The first-order chi connectivity index (χ1) is 13.1. The second kappa shape index (κ2) is 6.68. The minimum atomic E-state index is -0.447. The molecule has 0 saturated carbocycles. The third kappa shape index (κ3) is 3.72. The number of benzene rings is 1. The molecule has 0 saturated heterocycles. The number of nitrogens with zero attached hydrogens (tertiary/aromatic N) is 5. The van der Waals surface area contributed by atoms with Crippen LogP contribution in [0.5, 0.6) is 0 Å². The molecule has 4 rings (SSSR count). The Morgan fingerprint density at radius 2 is 2.22 bits per heavy atom. The third-order valence-corrected chi connectivity index (χ3v) is 4.43. The topological polar surface area (TPSA) is 97.7 Å². The summed E-state index contributed by atoms with van der Waals surface area (Å²) >= 11 is 0. The molecule has 8 heteroatoms. The summed E-state index contributed by atoms with van der Waals surface area (Å²) in [6, 6.07) is 5.38. The number of rotatable bonds is 7. The van der Waals surface area contributed by atoms with E-state index in [2.05, 4.69) is 31.5 Å². The van der Waals surface area contributed by atoms with Crippen molar-refractivity contribution in [1.82, 2.24) is 14.8 Å². The third-order valence-electron chi connectivity index (χ3n) is 4.43. The number of oxazole rings is 1. The summed E-state index contributed by atoms with van der Waals surface area (Å²) in [5, 5.41) is 15.1. The normalized spacial score (nSPS) is 14.2. The molecule has 0 radical (unpaired) electrons. The van der Waals surface area contributed by atoms with Crippen molar-refractivity contribution in [2.75, 3.05) is 5.32 Å². The van der Waals surface area contributed by atoms with Crippen molar-refractivity contribution in [3.05, 3.63) is 30.6 Å². The van der Waals surface area contributed by atoms with Gasteiger partial charge in [0.05, 0.1) is 11.8 Å². The Morgan fingerprint density at radius 3 is 2.93 bits per heavy atom. The summed E-state index contributed by atoms with van der Waals surface area (Å²) < 4.78 is 7.48. The molecule has 2 aromatic heterocycles.